The minimum absolute atomic E-state index is 0.0766. The summed E-state index contributed by atoms with van der Waals surface area (Å²) < 4.78 is 22.2. The topological polar surface area (TPSA) is 116 Å². The predicted octanol–water partition coefficient (Wildman–Crippen LogP) is 4.71. The van der Waals surface area contributed by atoms with Crippen molar-refractivity contribution >= 4 is 28.7 Å². The van der Waals surface area contributed by atoms with Crippen molar-refractivity contribution in [3.8, 4) is 22.8 Å². The Morgan fingerprint density at radius 1 is 1.03 bits per heavy atom. The number of carbonyl (C=O) groups is 1. The smallest absolute Gasteiger partial charge is 0.164 e. The maximum Gasteiger partial charge on any atom is 0.164 e. The third-order valence-electron chi connectivity index (χ3n) is 6.34. The number of rotatable bonds is 5. The van der Waals surface area contributed by atoms with E-state index in [0.29, 0.717) is 50.5 Å². The van der Waals surface area contributed by atoms with Crippen molar-refractivity contribution in [1.29, 1.82) is 0 Å². The quantitative estimate of drug-likeness (QED) is 0.341. The molecule has 0 spiro atoms. The summed E-state index contributed by atoms with van der Waals surface area (Å²) in [5.41, 5.74) is 9.55. The Balaban J connectivity index is 1.56. The van der Waals surface area contributed by atoms with Gasteiger partial charge < -0.3 is 20.4 Å². The molecule has 8 nitrogen and oxygen atoms in total. The molecule has 5 aromatic rings. The fourth-order valence-corrected chi connectivity index (χ4v) is 4.73. The van der Waals surface area contributed by atoms with E-state index in [9.17, 15) is 14.3 Å². The fourth-order valence-electron chi connectivity index (χ4n) is 4.73. The number of nitrogens with zero attached hydrogens (tertiary/aromatic N) is 4. The van der Waals surface area contributed by atoms with Crippen LogP contribution in [0.1, 0.15) is 17.0 Å². The molecule has 0 bridgehead atoms. The number of hydrogen-bond acceptors (Lipinski definition) is 7. The second-order valence-electron chi connectivity index (χ2n) is 8.61. The normalized spacial score (nSPS) is 14.9. The van der Waals surface area contributed by atoms with Gasteiger partial charge in [0.15, 0.2) is 5.65 Å². The summed E-state index contributed by atoms with van der Waals surface area (Å²) in [6.45, 7) is 0.0797. The van der Waals surface area contributed by atoms with Crippen LogP contribution in [0.15, 0.2) is 84.9 Å². The van der Waals surface area contributed by atoms with Gasteiger partial charge in [0, 0.05) is 16.7 Å². The lowest BCUT2D eigenvalue weighted by Gasteiger charge is -2.28. The molecule has 0 saturated carbocycles. The minimum atomic E-state index is -0.672. The number of anilines is 1. The highest BCUT2D eigenvalue weighted by Crippen LogP contribution is 2.43. The van der Waals surface area contributed by atoms with Gasteiger partial charge in [0.05, 0.1) is 11.3 Å². The largest absolute Gasteiger partial charge is 0.508 e. The van der Waals surface area contributed by atoms with Crippen LogP contribution >= 0.6 is 0 Å². The lowest BCUT2D eigenvalue weighted by atomic mass is 9.84. The molecule has 6 rings (SSSR count). The number of phenolic OH excluding ortho intramolecular Hbond substituents is 1. The first kappa shape index (κ1) is 22.4. The van der Waals surface area contributed by atoms with Gasteiger partial charge in [-0.05, 0) is 35.9 Å². The lowest BCUT2D eigenvalue weighted by Crippen LogP contribution is -2.20. The average molecular weight is 493 g/mol. The summed E-state index contributed by atoms with van der Waals surface area (Å²) in [6, 6.07) is 20.0. The molecule has 2 aromatic heterocycles. The Labute approximate surface area is 210 Å². The Kier molecular flexibility index (Phi) is 5.37. The number of benzene rings is 3. The van der Waals surface area contributed by atoms with Gasteiger partial charge in [-0.25, -0.2) is 19.0 Å². The van der Waals surface area contributed by atoms with E-state index in [1.54, 1.807) is 47.1 Å². The Morgan fingerprint density at radius 2 is 1.84 bits per heavy atom. The van der Waals surface area contributed by atoms with Crippen molar-refractivity contribution in [2.45, 2.75) is 12.5 Å². The molecule has 3 aromatic carbocycles. The monoisotopic (exact) mass is 493 g/mol. The number of nitrogens with two attached hydrogens (primary N) is 1. The van der Waals surface area contributed by atoms with Gasteiger partial charge in [0.2, 0.25) is 0 Å². The second kappa shape index (κ2) is 8.87. The van der Waals surface area contributed by atoms with Crippen LogP contribution in [0.5, 0.6) is 11.5 Å². The predicted molar refractivity (Wildman–Crippen MR) is 136 cm³/mol. The Bertz CT molecular complexity index is 1710. The van der Waals surface area contributed by atoms with Gasteiger partial charge in [0.25, 0.3) is 0 Å². The van der Waals surface area contributed by atoms with Crippen LogP contribution < -0.4 is 10.5 Å². The van der Waals surface area contributed by atoms with Crippen LogP contribution in [-0.2, 0) is 11.3 Å². The van der Waals surface area contributed by atoms with Gasteiger partial charge in [-0.2, -0.15) is 5.10 Å². The van der Waals surface area contributed by atoms with Crippen LogP contribution in [0.3, 0.4) is 0 Å². The molecular formula is C28H20FN5O3. The minimum Gasteiger partial charge on any atom is -0.508 e. The molecule has 0 aliphatic carbocycles. The van der Waals surface area contributed by atoms with Crippen molar-refractivity contribution in [2.24, 2.45) is 0 Å². The molecule has 0 saturated heterocycles. The molecule has 1 aliphatic heterocycles. The van der Waals surface area contributed by atoms with Gasteiger partial charge in [-0.3, -0.25) is 0 Å². The van der Waals surface area contributed by atoms with Gasteiger partial charge in [-0.15, -0.1) is 0 Å². The zero-order valence-electron chi connectivity index (χ0n) is 19.4. The summed E-state index contributed by atoms with van der Waals surface area (Å²) >= 11 is 0. The van der Waals surface area contributed by atoms with Crippen molar-refractivity contribution < 1.29 is 19.0 Å². The highest BCUT2D eigenvalue weighted by molar-refractivity contribution is 5.98. The molecule has 1 unspecified atom stereocenters. The summed E-state index contributed by atoms with van der Waals surface area (Å²) in [4.78, 5) is 20.9. The summed E-state index contributed by atoms with van der Waals surface area (Å²) in [5, 5.41) is 15.3. The first-order valence-corrected chi connectivity index (χ1v) is 11.5. The summed E-state index contributed by atoms with van der Waals surface area (Å²) in [7, 11) is 0. The number of ether oxygens (including phenoxy) is 1. The maximum absolute atomic E-state index is 14.3. The summed E-state index contributed by atoms with van der Waals surface area (Å²) in [6.07, 6.45) is 2.18. The molecule has 37 heavy (non-hydrogen) atoms. The van der Waals surface area contributed by atoms with Crippen LogP contribution in [0.2, 0.25) is 0 Å². The number of aldehydes is 1. The molecule has 0 fully saturated rings. The third kappa shape index (κ3) is 3.86. The highest BCUT2D eigenvalue weighted by atomic mass is 19.1. The Morgan fingerprint density at radius 3 is 2.65 bits per heavy atom. The zero-order valence-corrected chi connectivity index (χ0v) is 19.4. The molecule has 182 valence electrons. The SMILES string of the molecule is Nc1ncnc2c1c(-c1cccc(O)c1)nn2CC1=C(c2cccc(F)c2)C(C=O)c2ccccc2O1. The van der Waals surface area contributed by atoms with Crippen molar-refractivity contribution in [1.82, 2.24) is 19.7 Å². The third-order valence-corrected chi connectivity index (χ3v) is 6.34. The standard InChI is InChI=1S/C28H20FN5O3/c29-18-7-3-5-16(11-18)24-21(14-35)20-9-1-2-10-22(20)37-23(24)13-34-28-25(27(30)31-15-32-28)26(33-34)17-6-4-8-19(36)12-17/h1-12,14-15,21,36H,13H2,(H2,30,31,32). The number of aromatic nitrogens is 4. The van der Waals surface area contributed by atoms with Crippen LogP contribution in [0, 0.1) is 5.82 Å². The first-order chi connectivity index (χ1) is 18.0. The molecule has 1 atom stereocenters. The van der Waals surface area contributed by atoms with E-state index in [1.165, 1.54) is 18.5 Å². The fraction of sp³-hybridized carbons (Fsp3) is 0.0714. The average Bonchev–Trinajstić information content (AvgIpc) is 3.27. The molecule has 0 amide bonds. The summed E-state index contributed by atoms with van der Waals surface area (Å²) in [5.74, 6) is 0.166. The number of hydrogen-bond donors (Lipinski definition) is 2. The molecule has 3 heterocycles. The zero-order chi connectivity index (χ0) is 25.5. The van der Waals surface area contributed by atoms with Gasteiger partial charge in [0.1, 0.15) is 53.7 Å². The van der Waals surface area contributed by atoms with Crippen LogP contribution in [0.4, 0.5) is 10.2 Å². The van der Waals surface area contributed by atoms with Crippen molar-refractivity contribution in [2.75, 3.05) is 5.73 Å². The lowest BCUT2D eigenvalue weighted by molar-refractivity contribution is -0.108. The maximum atomic E-state index is 14.3. The van der Waals surface area contributed by atoms with Gasteiger partial charge in [-0.1, -0.05) is 42.5 Å². The van der Waals surface area contributed by atoms with E-state index in [0.717, 1.165) is 6.29 Å². The van der Waals surface area contributed by atoms with Crippen molar-refractivity contribution in [3.05, 3.63) is 102 Å². The number of phenols is 1. The number of allylic oxidation sites excluding steroid dienone is 2. The highest BCUT2D eigenvalue weighted by Gasteiger charge is 2.31. The van der Waals surface area contributed by atoms with E-state index >= 15 is 0 Å². The van der Waals surface area contributed by atoms with E-state index in [-0.39, 0.29) is 18.1 Å². The number of aromatic hydroxyl groups is 1. The van der Waals surface area contributed by atoms with E-state index < -0.39 is 11.7 Å². The Hall–Kier alpha value is -5.05. The molecule has 3 N–H and O–H groups in total. The van der Waals surface area contributed by atoms with E-state index in [4.69, 9.17) is 15.6 Å². The molecule has 1 aliphatic rings. The number of fused-ring (bicyclic) bond motifs is 2. The van der Waals surface area contributed by atoms with Crippen molar-refractivity contribution in [3.63, 3.8) is 0 Å². The number of halogens is 1. The molecule has 9 heteroatoms. The van der Waals surface area contributed by atoms with Gasteiger partial charge >= 0.3 is 0 Å². The van der Waals surface area contributed by atoms with E-state index in [2.05, 4.69) is 9.97 Å². The number of para-hydroxylation sites is 1. The molecular weight excluding hydrogens is 473 g/mol. The van der Waals surface area contributed by atoms with Crippen LogP contribution in [0.25, 0.3) is 27.9 Å². The second-order valence-corrected chi connectivity index (χ2v) is 8.61. The molecule has 0 radical (unpaired) electrons. The van der Waals surface area contributed by atoms with Crippen LogP contribution in [-0.4, -0.2) is 31.1 Å². The first-order valence-electron chi connectivity index (χ1n) is 11.5. The van der Waals surface area contributed by atoms with E-state index in [1.807, 2.05) is 18.2 Å². The number of carbonyl (C=O) groups excluding carboxylic acids is 1. The number of nitrogen functional groups attached to an aromatic ring is 1.